The minimum atomic E-state index is -1.34. The number of aromatic carboxylic acids is 1. The van der Waals surface area contributed by atoms with Crippen LogP contribution in [0, 0.1) is 5.82 Å². The Bertz CT molecular complexity index is 824. The number of ether oxygens (including phenoxy) is 1. The van der Waals surface area contributed by atoms with Crippen LogP contribution in [0.15, 0.2) is 22.7 Å². The van der Waals surface area contributed by atoms with Crippen molar-refractivity contribution in [3.8, 4) is 11.5 Å². The minimum absolute atomic E-state index is 0.269. The van der Waals surface area contributed by atoms with E-state index in [4.69, 9.17) is 14.4 Å². The first kappa shape index (κ1) is 13.3. The molecule has 0 spiro atoms. The first-order valence-electron chi connectivity index (χ1n) is 5.96. The number of carbonyl (C=O) groups is 1. The predicted molar refractivity (Wildman–Crippen MR) is 69.2 cm³/mol. The molecule has 108 valence electrons. The molecule has 0 amide bonds. The Hall–Kier alpha value is -2.74. The Balaban J connectivity index is 2.05. The minimum Gasteiger partial charge on any atom is -0.478 e. The van der Waals surface area contributed by atoms with Crippen LogP contribution in [0.25, 0.3) is 22.6 Å². The van der Waals surface area contributed by atoms with Crippen LogP contribution < -0.4 is 0 Å². The van der Waals surface area contributed by atoms with Crippen LogP contribution in [0.2, 0.25) is 0 Å². The lowest BCUT2D eigenvalue weighted by atomic mass is 10.2. The smallest absolute Gasteiger partial charge is 0.338 e. The third-order valence-corrected chi connectivity index (χ3v) is 2.89. The molecule has 0 aliphatic carbocycles. The fourth-order valence-corrected chi connectivity index (χ4v) is 1.95. The average Bonchev–Trinajstić information content (AvgIpc) is 3.03. The van der Waals surface area contributed by atoms with Gasteiger partial charge in [-0.25, -0.2) is 14.2 Å². The Morgan fingerprint density at radius 1 is 1.48 bits per heavy atom. The van der Waals surface area contributed by atoms with Gasteiger partial charge in [-0.05, 0) is 6.07 Å². The number of halogens is 1. The molecule has 0 aliphatic rings. The number of fused-ring (bicyclic) bond motifs is 1. The summed E-state index contributed by atoms with van der Waals surface area (Å²) in [6.45, 7) is 0.269. The van der Waals surface area contributed by atoms with Gasteiger partial charge in [-0.3, -0.25) is 0 Å². The number of imidazole rings is 1. The van der Waals surface area contributed by atoms with E-state index >= 15 is 0 Å². The highest BCUT2D eigenvalue weighted by Gasteiger charge is 2.16. The third kappa shape index (κ3) is 2.36. The van der Waals surface area contributed by atoms with Crippen molar-refractivity contribution in [3.05, 3.63) is 35.3 Å². The van der Waals surface area contributed by atoms with Crippen LogP contribution in [0.4, 0.5) is 4.39 Å². The van der Waals surface area contributed by atoms with Crippen molar-refractivity contribution in [2.75, 3.05) is 7.11 Å². The molecule has 2 N–H and O–H groups in total. The maximum atomic E-state index is 13.6. The van der Waals surface area contributed by atoms with Gasteiger partial charge in [-0.2, -0.15) is 0 Å². The molecule has 0 atom stereocenters. The van der Waals surface area contributed by atoms with Crippen LogP contribution in [0.1, 0.15) is 16.1 Å². The number of carboxylic acid groups (broad SMARTS) is 1. The van der Waals surface area contributed by atoms with E-state index in [1.807, 2.05) is 0 Å². The summed E-state index contributed by atoms with van der Waals surface area (Å²) in [5, 5.41) is 12.7. The standard InChI is InChI=1S/C13H10FN3O4/c1-20-5-6-2-11(17-21-6)12-15-9-3-7(13(18)19)8(14)4-10(9)16-12/h2-4H,5H2,1H3,(H,15,16)(H,18,19). The average molecular weight is 291 g/mol. The molecule has 7 nitrogen and oxygen atoms in total. The van der Waals surface area contributed by atoms with Gasteiger partial charge in [-0.1, -0.05) is 5.16 Å². The highest BCUT2D eigenvalue weighted by atomic mass is 19.1. The molecule has 0 aliphatic heterocycles. The molecule has 3 rings (SSSR count). The highest BCUT2D eigenvalue weighted by Crippen LogP contribution is 2.23. The highest BCUT2D eigenvalue weighted by molar-refractivity contribution is 5.93. The SMILES string of the molecule is COCc1cc(-c2nc3cc(C(=O)O)c(F)cc3[nH]2)no1. The van der Waals surface area contributed by atoms with Gasteiger partial charge >= 0.3 is 5.97 Å². The van der Waals surface area contributed by atoms with Gasteiger partial charge < -0.3 is 19.4 Å². The van der Waals surface area contributed by atoms with E-state index < -0.39 is 17.3 Å². The van der Waals surface area contributed by atoms with Gasteiger partial charge in [0.2, 0.25) is 0 Å². The summed E-state index contributed by atoms with van der Waals surface area (Å²) in [6, 6.07) is 3.89. The summed E-state index contributed by atoms with van der Waals surface area (Å²) >= 11 is 0. The normalized spacial score (nSPS) is 11.1. The maximum absolute atomic E-state index is 13.6. The van der Waals surface area contributed by atoms with E-state index in [2.05, 4.69) is 15.1 Å². The molecule has 8 heteroatoms. The molecule has 2 aromatic heterocycles. The molecule has 0 unspecified atom stereocenters. The summed E-state index contributed by atoms with van der Waals surface area (Å²) in [7, 11) is 1.53. The van der Waals surface area contributed by atoms with Gasteiger partial charge in [0, 0.05) is 19.2 Å². The monoisotopic (exact) mass is 291 g/mol. The van der Waals surface area contributed by atoms with Crippen molar-refractivity contribution in [2.24, 2.45) is 0 Å². The number of nitrogens with zero attached hydrogens (tertiary/aromatic N) is 2. The van der Waals surface area contributed by atoms with Crippen molar-refractivity contribution in [3.63, 3.8) is 0 Å². The molecular formula is C13H10FN3O4. The Kier molecular flexibility index (Phi) is 3.15. The van der Waals surface area contributed by atoms with E-state index in [0.717, 1.165) is 6.07 Å². The maximum Gasteiger partial charge on any atom is 0.338 e. The number of methoxy groups -OCH3 is 1. The second-order valence-electron chi connectivity index (χ2n) is 4.35. The fourth-order valence-electron chi connectivity index (χ4n) is 1.95. The van der Waals surface area contributed by atoms with Crippen molar-refractivity contribution in [1.82, 2.24) is 15.1 Å². The fraction of sp³-hybridized carbons (Fsp3) is 0.154. The molecule has 3 aromatic rings. The van der Waals surface area contributed by atoms with E-state index in [1.165, 1.54) is 13.2 Å². The third-order valence-electron chi connectivity index (χ3n) is 2.89. The second kappa shape index (κ2) is 4.98. The van der Waals surface area contributed by atoms with Gasteiger partial charge in [0.15, 0.2) is 11.6 Å². The Labute approximate surface area is 117 Å². The summed E-state index contributed by atoms with van der Waals surface area (Å²) < 4.78 is 23.6. The van der Waals surface area contributed by atoms with E-state index in [0.29, 0.717) is 28.3 Å². The molecule has 2 heterocycles. The molecule has 1 aromatic carbocycles. The van der Waals surface area contributed by atoms with Crippen LogP contribution in [0.5, 0.6) is 0 Å². The number of aromatic nitrogens is 3. The number of rotatable bonds is 4. The second-order valence-corrected chi connectivity index (χ2v) is 4.35. The Morgan fingerprint density at radius 2 is 2.29 bits per heavy atom. The number of hydrogen-bond donors (Lipinski definition) is 2. The largest absolute Gasteiger partial charge is 0.478 e. The molecule has 0 fully saturated rings. The topological polar surface area (TPSA) is 101 Å². The van der Waals surface area contributed by atoms with E-state index in [9.17, 15) is 9.18 Å². The summed E-state index contributed by atoms with van der Waals surface area (Å²) in [6.07, 6.45) is 0. The van der Waals surface area contributed by atoms with Gasteiger partial charge in [0.1, 0.15) is 18.1 Å². The number of hydrogen-bond acceptors (Lipinski definition) is 5. The lowest BCUT2D eigenvalue weighted by Crippen LogP contribution is -1.99. The van der Waals surface area contributed by atoms with Crippen molar-refractivity contribution in [2.45, 2.75) is 6.61 Å². The molecule has 0 bridgehead atoms. The summed E-state index contributed by atoms with van der Waals surface area (Å²) in [5.74, 6) is -1.29. The Morgan fingerprint density at radius 3 is 3.00 bits per heavy atom. The molecular weight excluding hydrogens is 281 g/mol. The van der Waals surface area contributed by atoms with Gasteiger partial charge in [0.25, 0.3) is 0 Å². The molecule has 0 saturated heterocycles. The first-order chi connectivity index (χ1) is 10.1. The number of benzene rings is 1. The van der Waals surface area contributed by atoms with Crippen LogP contribution in [-0.4, -0.2) is 33.3 Å². The zero-order valence-electron chi connectivity index (χ0n) is 10.9. The summed E-state index contributed by atoms with van der Waals surface area (Å²) in [4.78, 5) is 18.0. The van der Waals surface area contributed by atoms with E-state index in [-0.39, 0.29) is 6.61 Å². The van der Waals surface area contributed by atoms with Crippen molar-refractivity contribution >= 4 is 17.0 Å². The van der Waals surface area contributed by atoms with Gasteiger partial charge in [0.05, 0.1) is 16.6 Å². The van der Waals surface area contributed by atoms with E-state index in [1.54, 1.807) is 6.07 Å². The van der Waals surface area contributed by atoms with Crippen LogP contribution in [0.3, 0.4) is 0 Å². The first-order valence-corrected chi connectivity index (χ1v) is 5.96. The predicted octanol–water partition coefficient (Wildman–Crippen LogP) is 2.20. The number of carboxylic acids is 1. The van der Waals surface area contributed by atoms with Gasteiger partial charge in [-0.15, -0.1) is 0 Å². The zero-order chi connectivity index (χ0) is 15.0. The van der Waals surface area contributed by atoms with Crippen LogP contribution in [-0.2, 0) is 11.3 Å². The quantitative estimate of drug-likeness (QED) is 0.764. The number of nitrogens with one attached hydrogen (secondary N) is 1. The summed E-state index contributed by atoms with van der Waals surface area (Å²) in [5.41, 5.74) is 0.709. The lowest BCUT2D eigenvalue weighted by molar-refractivity contribution is 0.0692. The van der Waals surface area contributed by atoms with Crippen molar-refractivity contribution in [1.29, 1.82) is 0 Å². The molecule has 21 heavy (non-hydrogen) atoms. The molecule has 0 radical (unpaired) electrons. The molecule has 0 saturated carbocycles. The number of H-pyrrole nitrogens is 1. The lowest BCUT2D eigenvalue weighted by Gasteiger charge is -1.95. The number of aromatic amines is 1. The van der Waals surface area contributed by atoms with Crippen molar-refractivity contribution < 1.29 is 23.6 Å². The zero-order valence-corrected chi connectivity index (χ0v) is 10.9. The van der Waals surface area contributed by atoms with Crippen LogP contribution >= 0.6 is 0 Å².